The molecule has 4 aromatic rings. The van der Waals surface area contributed by atoms with Crippen molar-refractivity contribution in [2.45, 2.75) is 0 Å². The van der Waals surface area contributed by atoms with E-state index < -0.39 is 6.15 Å². The van der Waals surface area contributed by atoms with Crippen molar-refractivity contribution in [3.8, 4) is 0 Å². The number of hydrogen-bond donors (Lipinski definition) is 0. The molecule has 0 aromatic heterocycles. The summed E-state index contributed by atoms with van der Waals surface area (Å²) in [7, 11) is 0. The predicted molar refractivity (Wildman–Crippen MR) is 119 cm³/mol. The summed E-state index contributed by atoms with van der Waals surface area (Å²) in [6.45, 7) is 0. The Bertz CT molecular complexity index is 901. The molecule has 0 amide bonds. The number of benzene rings is 4. The van der Waals surface area contributed by atoms with Gasteiger partial charge in [0.2, 0.25) is 0 Å². The zero-order valence-electron chi connectivity index (χ0n) is 16.3. The molecule has 0 aliphatic heterocycles. The molecule has 0 heterocycles. The molecule has 0 spiro atoms. The van der Waals surface area contributed by atoms with Crippen LogP contribution in [0.15, 0.2) is 127 Å². The summed E-state index contributed by atoms with van der Waals surface area (Å²) in [6, 6.07) is 43.1. The van der Waals surface area contributed by atoms with Crippen LogP contribution < -0.4 is 67.8 Å². The molecule has 0 atom stereocenters. The van der Waals surface area contributed by atoms with Crippen molar-refractivity contribution in [2.75, 3.05) is 0 Å². The minimum absolute atomic E-state index is 0. The van der Waals surface area contributed by atoms with Gasteiger partial charge in [-0.1, -0.05) is 127 Å². The summed E-state index contributed by atoms with van der Waals surface area (Å²) < 4.78 is 0. The van der Waals surface area contributed by atoms with E-state index in [1.807, 2.05) is 0 Å². The molecule has 0 unspecified atom stereocenters. The molecule has 130 valence electrons. The van der Waals surface area contributed by atoms with E-state index in [0.29, 0.717) is 0 Å². The Kier molecular flexibility index (Phi) is 7.66. The maximum atomic E-state index is 2.40. The first kappa shape index (κ1) is 21.0. The van der Waals surface area contributed by atoms with E-state index in [9.17, 15) is 0 Å². The molecule has 2 heteroatoms. The van der Waals surface area contributed by atoms with Gasteiger partial charge < -0.3 is 0 Å². The van der Waals surface area contributed by atoms with Crippen LogP contribution in [-0.2, 0) is 0 Å². The molecule has 4 rings (SSSR count). The van der Waals surface area contributed by atoms with Gasteiger partial charge in [-0.05, 0) is 5.56 Å². The van der Waals surface area contributed by atoms with Gasteiger partial charge in [0.25, 0.3) is 0 Å². The SMILES string of the molecule is C(=C[B-](c1ccccc1)(c1ccccc1)c1ccccc1)c1ccccc1.[K+]. The van der Waals surface area contributed by atoms with Gasteiger partial charge in [0.05, 0.1) is 0 Å². The molecular formula is C26H22BK. The smallest absolute Gasteiger partial charge is 0.231 e. The van der Waals surface area contributed by atoms with Crippen LogP contribution in [-0.4, -0.2) is 6.15 Å². The Morgan fingerprint density at radius 2 is 0.750 bits per heavy atom. The minimum Gasteiger partial charge on any atom is -0.231 e. The third-order valence-electron chi connectivity index (χ3n) is 5.35. The molecule has 0 saturated heterocycles. The van der Waals surface area contributed by atoms with Crippen LogP contribution in [0.5, 0.6) is 0 Å². The third-order valence-corrected chi connectivity index (χ3v) is 5.35. The average Bonchev–Trinajstić information content (AvgIpc) is 2.77. The third kappa shape index (κ3) is 4.48. The second-order valence-electron chi connectivity index (χ2n) is 6.93. The Balaban J connectivity index is 0.00000225. The van der Waals surface area contributed by atoms with Crippen LogP contribution in [0, 0.1) is 0 Å². The van der Waals surface area contributed by atoms with Gasteiger partial charge in [0.15, 0.2) is 0 Å². The first-order valence-electron chi connectivity index (χ1n) is 9.46. The van der Waals surface area contributed by atoms with Crippen molar-refractivity contribution < 1.29 is 51.4 Å². The molecule has 0 N–H and O–H groups in total. The fourth-order valence-electron chi connectivity index (χ4n) is 4.00. The molecule has 0 fully saturated rings. The molecule has 28 heavy (non-hydrogen) atoms. The first-order valence-corrected chi connectivity index (χ1v) is 9.46. The van der Waals surface area contributed by atoms with Gasteiger partial charge in [-0.2, -0.15) is 16.4 Å². The van der Waals surface area contributed by atoms with E-state index in [4.69, 9.17) is 0 Å². The largest absolute Gasteiger partial charge is 1.00 e. The van der Waals surface area contributed by atoms with Gasteiger partial charge in [-0.15, -0.1) is 0 Å². The van der Waals surface area contributed by atoms with E-state index in [0.717, 1.165) is 0 Å². The van der Waals surface area contributed by atoms with Crippen LogP contribution in [0.3, 0.4) is 0 Å². The van der Waals surface area contributed by atoms with Gasteiger partial charge in [0, 0.05) is 0 Å². The molecule has 0 bridgehead atoms. The van der Waals surface area contributed by atoms with Crippen molar-refractivity contribution in [2.24, 2.45) is 0 Å². The van der Waals surface area contributed by atoms with Gasteiger partial charge in [0.1, 0.15) is 6.15 Å². The Labute approximate surface area is 210 Å². The van der Waals surface area contributed by atoms with Gasteiger partial charge in [-0.3, -0.25) is 0 Å². The van der Waals surface area contributed by atoms with E-state index in [1.165, 1.54) is 22.0 Å². The van der Waals surface area contributed by atoms with Crippen molar-refractivity contribution >= 4 is 28.6 Å². The fourth-order valence-corrected chi connectivity index (χ4v) is 4.00. The van der Waals surface area contributed by atoms with E-state index in [2.05, 4.69) is 133 Å². The molecule has 0 aliphatic rings. The molecular weight excluding hydrogens is 362 g/mol. The number of rotatable bonds is 5. The van der Waals surface area contributed by atoms with Crippen LogP contribution in [0.4, 0.5) is 0 Å². The normalized spacial score (nSPS) is 11.1. The average molecular weight is 384 g/mol. The van der Waals surface area contributed by atoms with E-state index in [1.54, 1.807) is 0 Å². The Morgan fingerprint density at radius 1 is 0.429 bits per heavy atom. The summed E-state index contributed by atoms with van der Waals surface area (Å²) in [5.41, 5.74) is 5.18. The Morgan fingerprint density at radius 3 is 1.11 bits per heavy atom. The molecule has 0 radical (unpaired) electrons. The first-order chi connectivity index (χ1) is 13.4. The minimum atomic E-state index is -1.22. The quantitative estimate of drug-likeness (QED) is 0.457. The van der Waals surface area contributed by atoms with Crippen molar-refractivity contribution in [3.63, 3.8) is 0 Å². The van der Waals surface area contributed by atoms with Gasteiger partial charge >= 0.3 is 51.4 Å². The number of hydrogen-bond acceptors (Lipinski definition) is 0. The zero-order chi connectivity index (χ0) is 18.4. The Hall–Kier alpha value is -1.68. The van der Waals surface area contributed by atoms with E-state index in [-0.39, 0.29) is 51.4 Å². The van der Waals surface area contributed by atoms with E-state index >= 15 is 0 Å². The summed E-state index contributed by atoms with van der Waals surface area (Å²) in [4.78, 5) is 0. The molecule has 4 aromatic carbocycles. The summed E-state index contributed by atoms with van der Waals surface area (Å²) in [5, 5.41) is 0. The maximum absolute atomic E-state index is 2.40. The predicted octanol–water partition coefficient (Wildman–Crippen LogP) is 1.41. The van der Waals surface area contributed by atoms with Crippen LogP contribution in [0.2, 0.25) is 0 Å². The molecule has 0 saturated carbocycles. The summed E-state index contributed by atoms with van der Waals surface area (Å²) in [5.74, 6) is 2.40. The van der Waals surface area contributed by atoms with Crippen molar-refractivity contribution in [1.29, 1.82) is 0 Å². The van der Waals surface area contributed by atoms with Crippen molar-refractivity contribution in [3.05, 3.63) is 133 Å². The topological polar surface area (TPSA) is 0 Å². The van der Waals surface area contributed by atoms with Crippen LogP contribution in [0.25, 0.3) is 6.08 Å². The standard InChI is InChI=1S/C26H22B.K/c1-5-13-23(14-6-1)21-22-27(24-15-7-2-8-16-24,25-17-9-3-10-18-25)26-19-11-4-12-20-26;/h1-22H;/q-1;+1. The van der Waals surface area contributed by atoms with Gasteiger partial charge in [-0.25, -0.2) is 5.98 Å². The molecule has 0 aliphatic carbocycles. The summed E-state index contributed by atoms with van der Waals surface area (Å²) in [6.07, 6.45) is 1.04. The molecule has 0 nitrogen and oxygen atoms in total. The zero-order valence-corrected chi connectivity index (χ0v) is 19.4. The van der Waals surface area contributed by atoms with Crippen LogP contribution >= 0.6 is 0 Å². The maximum Gasteiger partial charge on any atom is 1.00 e. The monoisotopic (exact) mass is 384 g/mol. The second kappa shape index (κ2) is 10.2. The fraction of sp³-hybridized carbons (Fsp3) is 0. The summed E-state index contributed by atoms with van der Waals surface area (Å²) >= 11 is 0. The van der Waals surface area contributed by atoms with Crippen LogP contribution in [0.1, 0.15) is 5.56 Å². The van der Waals surface area contributed by atoms with Crippen molar-refractivity contribution in [1.82, 2.24) is 0 Å². The second-order valence-corrected chi connectivity index (χ2v) is 6.93.